The zero-order valence-corrected chi connectivity index (χ0v) is 11.7. The Hall–Kier alpha value is -1.95. The first-order valence-corrected chi connectivity index (χ1v) is 5.84. The summed E-state index contributed by atoms with van der Waals surface area (Å²) in [5.41, 5.74) is 5.86. The molecule has 6 nitrogen and oxygen atoms in total. The van der Waals surface area contributed by atoms with Crippen LogP contribution in [0.3, 0.4) is 0 Å². The lowest BCUT2D eigenvalue weighted by Gasteiger charge is -2.19. The Morgan fingerprint density at radius 1 is 1.11 bits per heavy atom. The van der Waals surface area contributed by atoms with E-state index < -0.39 is 0 Å². The van der Waals surface area contributed by atoms with Crippen LogP contribution in [0.15, 0.2) is 12.1 Å². The Morgan fingerprint density at radius 2 is 1.63 bits per heavy atom. The topological polar surface area (TPSA) is 74.0 Å². The van der Waals surface area contributed by atoms with Crippen molar-refractivity contribution in [2.45, 2.75) is 0 Å². The maximum atomic E-state index is 12.3. The van der Waals surface area contributed by atoms with Crippen molar-refractivity contribution < 1.29 is 19.0 Å². The summed E-state index contributed by atoms with van der Waals surface area (Å²) in [6.07, 6.45) is 0. The van der Waals surface area contributed by atoms with Gasteiger partial charge in [-0.3, -0.25) is 4.79 Å². The average molecular weight is 268 g/mol. The van der Waals surface area contributed by atoms with Crippen LogP contribution in [0, 0.1) is 0 Å². The number of carbonyl (C=O) groups excluding carboxylic acids is 1. The standard InChI is InChI=1S/C13H20N2O4/c1-15(6-5-14)13(16)9-7-11(18-3)12(19-4)8-10(9)17-2/h7-8H,5-6,14H2,1-4H3. The first-order valence-electron chi connectivity index (χ1n) is 5.84. The molecule has 1 aromatic rings. The zero-order chi connectivity index (χ0) is 14.4. The zero-order valence-electron chi connectivity index (χ0n) is 11.7. The van der Waals surface area contributed by atoms with Gasteiger partial charge >= 0.3 is 0 Å². The van der Waals surface area contributed by atoms with Crippen LogP contribution in [0.1, 0.15) is 10.4 Å². The molecule has 0 saturated carbocycles. The highest BCUT2D eigenvalue weighted by atomic mass is 16.5. The first-order chi connectivity index (χ1) is 9.08. The molecule has 0 aliphatic carbocycles. The van der Waals surface area contributed by atoms with Crippen molar-refractivity contribution in [2.75, 3.05) is 41.5 Å². The van der Waals surface area contributed by atoms with Crippen molar-refractivity contribution in [3.8, 4) is 17.2 Å². The summed E-state index contributed by atoms with van der Waals surface area (Å²) in [5, 5.41) is 0. The van der Waals surface area contributed by atoms with Crippen LogP contribution in [0.5, 0.6) is 17.2 Å². The quantitative estimate of drug-likeness (QED) is 0.824. The molecule has 0 radical (unpaired) electrons. The minimum absolute atomic E-state index is 0.178. The van der Waals surface area contributed by atoms with E-state index in [1.54, 1.807) is 19.2 Å². The molecule has 0 aromatic heterocycles. The third kappa shape index (κ3) is 3.29. The molecule has 6 heteroatoms. The molecule has 2 N–H and O–H groups in total. The SMILES string of the molecule is COc1cc(OC)c(C(=O)N(C)CCN)cc1OC. The molecule has 106 valence electrons. The lowest BCUT2D eigenvalue weighted by molar-refractivity contribution is 0.0795. The number of hydrogen-bond donors (Lipinski definition) is 1. The maximum Gasteiger partial charge on any atom is 0.257 e. The van der Waals surface area contributed by atoms with Gasteiger partial charge < -0.3 is 24.8 Å². The van der Waals surface area contributed by atoms with E-state index in [4.69, 9.17) is 19.9 Å². The van der Waals surface area contributed by atoms with Crippen molar-refractivity contribution in [1.29, 1.82) is 0 Å². The molecule has 1 aromatic carbocycles. The number of benzene rings is 1. The van der Waals surface area contributed by atoms with Crippen LogP contribution in [0.2, 0.25) is 0 Å². The average Bonchev–Trinajstić information content (AvgIpc) is 2.45. The summed E-state index contributed by atoms with van der Waals surface area (Å²) >= 11 is 0. The summed E-state index contributed by atoms with van der Waals surface area (Å²) in [6.45, 7) is 0.869. The minimum atomic E-state index is -0.178. The number of hydrogen-bond acceptors (Lipinski definition) is 5. The molecule has 19 heavy (non-hydrogen) atoms. The molecule has 0 unspecified atom stereocenters. The minimum Gasteiger partial charge on any atom is -0.496 e. The van der Waals surface area contributed by atoms with Crippen LogP contribution in [-0.4, -0.2) is 52.3 Å². The second-order valence-corrected chi connectivity index (χ2v) is 3.92. The van der Waals surface area contributed by atoms with E-state index in [9.17, 15) is 4.79 Å². The summed E-state index contributed by atoms with van der Waals surface area (Å²) in [6, 6.07) is 3.23. The van der Waals surface area contributed by atoms with Gasteiger partial charge in [-0.05, 0) is 0 Å². The molecule has 1 amide bonds. The summed E-state index contributed by atoms with van der Waals surface area (Å²) in [5.74, 6) is 1.25. The third-order valence-electron chi connectivity index (χ3n) is 2.75. The molecule has 0 bridgehead atoms. The highest BCUT2D eigenvalue weighted by molar-refractivity contribution is 5.97. The third-order valence-corrected chi connectivity index (χ3v) is 2.75. The highest BCUT2D eigenvalue weighted by Crippen LogP contribution is 2.35. The van der Waals surface area contributed by atoms with Gasteiger partial charge in [-0.2, -0.15) is 0 Å². The molecule has 0 fully saturated rings. The van der Waals surface area contributed by atoms with E-state index >= 15 is 0 Å². The van der Waals surface area contributed by atoms with E-state index in [0.29, 0.717) is 35.9 Å². The second-order valence-electron chi connectivity index (χ2n) is 3.92. The fourth-order valence-corrected chi connectivity index (χ4v) is 1.70. The van der Waals surface area contributed by atoms with Gasteiger partial charge in [-0.25, -0.2) is 0 Å². The van der Waals surface area contributed by atoms with Crippen molar-refractivity contribution >= 4 is 5.91 Å². The molecule has 0 saturated heterocycles. The maximum absolute atomic E-state index is 12.3. The molecular weight excluding hydrogens is 248 g/mol. The summed E-state index contributed by atoms with van der Waals surface area (Å²) in [7, 11) is 6.23. The van der Waals surface area contributed by atoms with Gasteiger partial charge in [0.25, 0.3) is 5.91 Å². The number of ether oxygens (including phenoxy) is 3. The van der Waals surface area contributed by atoms with Crippen LogP contribution < -0.4 is 19.9 Å². The van der Waals surface area contributed by atoms with E-state index in [2.05, 4.69) is 0 Å². The molecule has 0 atom stereocenters. The monoisotopic (exact) mass is 268 g/mol. The lowest BCUT2D eigenvalue weighted by Crippen LogP contribution is -2.31. The number of nitrogens with two attached hydrogens (primary N) is 1. The van der Waals surface area contributed by atoms with Gasteiger partial charge in [0.15, 0.2) is 11.5 Å². The van der Waals surface area contributed by atoms with Gasteiger partial charge in [0, 0.05) is 32.3 Å². The molecular formula is C13H20N2O4. The molecule has 0 aliphatic heterocycles. The van der Waals surface area contributed by atoms with Gasteiger partial charge in [-0.15, -0.1) is 0 Å². The van der Waals surface area contributed by atoms with Gasteiger partial charge in [0.05, 0.1) is 26.9 Å². The molecule has 0 aliphatic rings. The number of nitrogens with zero attached hydrogens (tertiary/aromatic N) is 1. The molecule has 0 heterocycles. The fraction of sp³-hybridized carbons (Fsp3) is 0.462. The smallest absolute Gasteiger partial charge is 0.257 e. The van der Waals surface area contributed by atoms with Gasteiger partial charge in [0.2, 0.25) is 0 Å². The second kappa shape index (κ2) is 6.84. The van der Waals surface area contributed by atoms with E-state index in [1.165, 1.54) is 26.2 Å². The number of rotatable bonds is 6. The van der Waals surface area contributed by atoms with Gasteiger partial charge in [0.1, 0.15) is 5.75 Å². The predicted octanol–water partition coefficient (Wildman–Crippen LogP) is 0.743. The normalized spacial score (nSPS) is 9.95. The molecule has 0 spiro atoms. The predicted molar refractivity (Wildman–Crippen MR) is 72.1 cm³/mol. The Kier molecular flexibility index (Phi) is 5.44. The van der Waals surface area contributed by atoms with Crippen LogP contribution in [0.25, 0.3) is 0 Å². The van der Waals surface area contributed by atoms with E-state index in [-0.39, 0.29) is 5.91 Å². The molecule has 1 rings (SSSR count). The van der Waals surface area contributed by atoms with Crippen molar-refractivity contribution in [3.05, 3.63) is 17.7 Å². The van der Waals surface area contributed by atoms with Crippen molar-refractivity contribution in [3.63, 3.8) is 0 Å². The Morgan fingerprint density at radius 3 is 2.11 bits per heavy atom. The lowest BCUT2D eigenvalue weighted by atomic mass is 10.1. The van der Waals surface area contributed by atoms with Crippen molar-refractivity contribution in [1.82, 2.24) is 4.90 Å². The Bertz CT molecular complexity index is 449. The van der Waals surface area contributed by atoms with Crippen molar-refractivity contribution in [2.24, 2.45) is 5.73 Å². The Labute approximate surface area is 113 Å². The fourth-order valence-electron chi connectivity index (χ4n) is 1.70. The van der Waals surface area contributed by atoms with E-state index in [0.717, 1.165) is 0 Å². The van der Waals surface area contributed by atoms with Crippen LogP contribution >= 0.6 is 0 Å². The number of likely N-dealkylation sites (N-methyl/N-ethyl adjacent to an activating group) is 1. The number of methoxy groups -OCH3 is 3. The Balaban J connectivity index is 3.21. The first kappa shape index (κ1) is 15.1. The van der Waals surface area contributed by atoms with E-state index in [1.807, 2.05) is 0 Å². The van der Waals surface area contributed by atoms with Crippen LogP contribution in [0.4, 0.5) is 0 Å². The number of amides is 1. The summed E-state index contributed by atoms with van der Waals surface area (Å²) < 4.78 is 15.6. The van der Waals surface area contributed by atoms with Gasteiger partial charge in [-0.1, -0.05) is 0 Å². The largest absolute Gasteiger partial charge is 0.496 e. The highest BCUT2D eigenvalue weighted by Gasteiger charge is 2.20. The summed E-state index contributed by atoms with van der Waals surface area (Å²) in [4.78, 5) is 13.8. The number of carbonyl (C=O) groups is 1. The van der Waals surface area contributed by atoms with Crippen LogP contribution in [-0.2, 0) is 0 Å².